The van der Waals surface area contributed by atoms with Gasteiger partial charge in [0.05, 0.1) is 16.5 Å². The molecule has 4 rings (SSSR count). The molecule has 0 aliphatic carbocycles. The van der Waals surface area contributed by atoms with Crippen LogP contribution >= 0.6 is 34.9 Å². The summed E-state index contributed by atoms with van der Waals surface area (Å²) in [7, 11) is 0. The van der Waals surface area contributed by atoms with Crippen LogP contribution in [0.5, 0.6) is 0 Å². The van der Waals surface area contributed by atoms with Gasteiger partial charge in [0.15, 0.2) is 10.8 Å². The highest BCUT2D eigenvalue weighted by Crippen LogP contribution is 2.41. The smallest absolute Gasteiger partial charge is 0.384 e. The first-order valence-electron chi connectivity index (χ1n) is 11.3. The molecule has 16 nitrogen and oxygen atoms in total. The summed E-state index contributed by atoms with van der Waals surface area (Å²) in [5.74, 6) is 1.99. The van der Waals surface area contributed by atoms with Crippen LogP contribution in [0.2, 0.25) is 0 Å². The maximum absolute atomic E-state index is 13.2. The fourth-order valence-corrected chi connectivity index (χ4v) is 6.53. The number of hydrogen-bond donors (Lipinski definition) is 5. The Balaban J connectivity index is 1.53. The number of hydrogen-bond acceptors (Lipinski definition) is 15. The predicted molar refractivity (Wildman–Crippen MR) is 143 cm³/mol. The lowest BCUT2D eigenvalue weighted by Gasteiger charge is -2.50. The minimum atomic E-state index is -1.77. The second-order valence-corrected chi connectivity index (χ2v) is 12.0. The number of aromatic nitrogens is 3. The first-order chi connectivity index (χ1) is 18.8. The number of carboxylic acid groups (broad SMARTS) is 2. The molecule has 19 heteroatoms. The van der Waals surface area contributed by atoms with E-state index in [1.807, 2.05) is 0 Å². The van der Waals surface area contributed by atoms with Crippen LogP contribution in [-0.4, -0.2) is 78.0 Å². The summed E-state index contributed by atoms with van der Waals surface area (Å²) in [5, 5.41) is 27.3. The molecule has 2 unspecified atom stereocenters. The average Bonchev–Trinajstić information content (AvgIpc) is 3.32. The van der Waals surface area contributed by atoms with E-state index in [0.29, 0.717) is 10.7 Å². The number of rotatable bonds is 10. The van der Waals surface area contributed by atoms with Gasteiger partial charge in [-0.3, -0.25) is 20.3 Å². The average molecular weight is 610 g/mol. The minimum absolute atomic E-state index is 0.115. The number of nitrogens with two attached hydrogens (primary N) is 3. The molecule has 4 heterocycles. The first-order valence-corrected chi connectivity index (χ1v) is 14.1. The number of carbonyl (C=O) groups is 4. The molecule has 0 radical (unpaired) electrons. The molecule has 0 aromatic carbocycles. The van der Waals surface area contributed by atoms with E-state index in [1.54, 1.807) is 0 Å². The number of β-lactam (4-membered cyclic amide) rings is 1. The fourth-order valence-electron chi connectivity index (χ4n) is 3.47. The molecule has 40 heavy (non-hydrogen) atoms. The van der Waals surface area contributed by atoms with E-state index < -0.39 is 40.8 Å². The minimum Gasteiger partial charge on any atom is -0.543 e. The molecule has 212 valence electrons. The van der Waals surface area contributed by atoms with Gasteiger partial charge in [0.1, 0.15) is 17.6 Å². The van der Waals surface area contributed by atoms with E-state index in [4.69, 9.17) is 22.1 Å². The SMILES string of the molecule is CC(C)(O/N=C(\C(=O)NC1C(=O)N2C(C(=O)[O-])=C(CSc3nc(N)cc[n+]3N)CSC12)c1cnc(N)s1)C(=O)O. The summed E-state index contributed by atoms with van der Waals surface area (Å²) in [6.45, 7) is 2.47. The van der Waals surface area contributed by atoms with Crippen LogP contribution in [0.4, 0.5) is 10.9 Å². The second-order valence-electron chi connectivity index (χ2n) is 8.84. The number of amides is 2. The molecule has 8 N–H and O–H groups in total. The molecule has 1 saturated heterocycles. The van der Waals surface area contributed by atoms with Crippen molar-refractivity contribution in [2.45, 2.75) is 36.0 Å². The predicted octanol–water partition coefficient (Wildman–Crippen LogP) is -2.52. The molecule has 2 aliphatic rings. The molecule has 2 atom stereocenters. The van der Waals surface area contributed by atoms with Crippen LogP contribution in [0.25, 0.3) is 0 Å². The van der Waals surface area contributed by atoms with Crippen molar-refractivity contribution in [3.05, 3.63) is 34.6 Å². The van der Waals surface area contributed by atoms with Crippen molar-refractivity contribution in [3.63, 3.8) is 0 Å². The van der Waals surface area contributed by atoms with Gasteiger partial charge < -0.3 is 36.6 Å². The van der Waals surface area contributed by atoms with Crippen LogP contribution in [0, 0.1) is 0 Å². The van der Waals surface area contributed by atoms with Gasteiger partial charge in [0, 0.05) is 23.8 Å². The Labute approximate surface area is 238 Å². The standard InChI is InChI=1S/C21H23N9O7S3/c1-21(2,18(35)36)37-28-11(9-5-25-19(23)40-9)14(31)27-12-15(32)30-13(17(33)34)8(6-38-16(12)30)7-39-20-26-10(22)3-4-29(20)24/h3-5,12,16,22H,6-7,24H2,1-2H3,(H5,23,25,27,28,31,33,34,35,36). The van der Waals surface area contributed by atoms with Gasteiger partial charge in [-0.05, 0) is 36.2 Å². The van der Waals surface area contributed by atoms with Gasteiger partial charge in [-0.1, -0.05) is 16.5 Å². The Bertz CT molecular complexity index is 1460. The maximum atomic E-state index is 13.2. The molecule has 1 fully saturated rings. The zero-order chi connectivity index (χ0) is 29.4. The second kappa shape index (κ2) is 11.2. The molecule has 0 spiro atoms. The first kappa shape index (κ1) is 28.9. The van der Waals surface area contributed by atoms with Crippen molar-refractivity contribution in [1.82, 2.24) is 20.2 Å². The third-order valence-corrected chi connectivity index (χ3v) is 8.83. The Kier molecular flexibility index (Phi) is 8.08. The van der Waals surface area contributed by atoms with E-state index >= 15 is 0 Å². The topological polar surface area (TPSA) is 256 Å². The van der Waals surface area contributed by atoms with E-state index in [0.717, 1.165) is 28.0 Å². The molecule has 2 aliphatic heterocycles. The van der Waals surface area contributed by atoms with Crippen LogP contribution in [0.1, 0.15) is 18.7 Å². The van der Waals surface area contributed by atoms with Crippen LogP contribution in [0.15, 0.2) is 40.0 Å². The molecule has 2 aromatic rings. The molecule has 2 amide bonds. The summed E-state index contributed by atoms with van der Waals surface area (Å²) in [6.07, 6.45) is 2.75. The fraction of sp³-hybridized carbons (Fsp3) is 0.333. The number of aliphatic carboxylic acids is 2. The van der Waals surface area contributed by atoms with Gasteiger partial charge in [-0.2, -0.15) is 0 Å². The number of oxime groups is 1. The lowest BCUT2D eigenvalue weighted by Crippen LogP contribution is -2.71. The van der Waals surface area contributed by atoms with Gasteiger partial charge in [-0.15, -0.1) is 16.4 Å². The van der Waals surface area contributed by atoms with Crippen molar-refractivity contribution in [2.24, 2.45) is 5.16 Å². The summed E-state index contributed by atoms with van der Waals surface area (Å²) in [5.41, 5.74) is 9.34. The molecular weight excluding hydrogens is 586 g/mol. The number of nitrogens with zero attached hydrogens (tertiary/aromatic N) is 5. The Morgan fingerprint density at radius 3 is 2.75 bits per heavy atom. The monoisotopic (exact) mass is 609 g/mol. The zero-order valence-electron chi connectivity index (χ0n) is 20.9. The van der Waals surface area contributed by atoms with E-state index in [-0.39, 0.29) is 38.7 Å². The highest BCUT2D eigenvalue weighted by atomic mass is 32.2. The maximum Gasteiger partial charge on any atom is 0.384 e. The van der Waals surface area contributed by atoms with Crippen molar-refractivity contribution in [1.29, 1.82) is 0 Å². The highest BCUT2D eigenvalue weighted by Gasteiger charge is 2.53. The quantitative estimate of drug-likeness (QED) is 0.0354. The largest absolute Gasteiger partial charge is 0.543 e. The summed E-state index contributed by atoms with van der Waals surface area (Å²) < 4.78 is 1.23. The molecule has 0 saturated carbocycles. The number of nitrogen functional groups attached to an aromatic ring is 3. The third-order valence-electron chi connectivity index (χ3n) is 5.61. The molecule has 0 bridgehead atoms. The summed E-state index contributed by atoms with van der Waals surface area (Å²) in [4.78, 5) is 64.0. The van der Waals surface area contributed by atoms with E-state index in [1.165, 1.54) is 48.7 Å². The Hall–Kier alpha value is -4.10. The number of anilines is 2. The third kappa shape index (κ3) is 5.75. The number of carbonyl (C=O) groups excluding carboxylic acids is 3. The van der Waals surface area contributed by atoms with Gasteiger partial charge in [0.25, 0.3) is 11.8 Å². The zero-order valence-corrected chi connectivity index (χ0v) is 23.3. The van der Waals surface area contributed by atoms with Gasteiger partial charge >= 0.3 is 11.1 Å². The number of nitrogens with one attached hydrogen (secondary N) is 1. The number of thioether (sulfide) groups is 2. The summed E-state index contributed by atoms with van der Waals surface area (Å²) in [6, 6.07) is 0.398. The Morgan fingerprint density at radius 1 is 1.40 bits per heavy atom. The van der Waals surface area contributed by atoms with Gasteiger partial charge in [0.2, 0.25) is 11.4 Å². The van der Waals surface area contributed by atoms with Crippen molar-refractivity contribution in [2.75, 3.05) is 28.8 Å². The van der Waals surface area contributed by atoms with Crippen molar-refractivity contribution in [3.8, 4) is 0 Å². The Morgan fingerprint density at radius 2 is 2.12 bits per heavy atom. The highest BCUT2D eigenvalue weighted by molar-refractivity contribution is 8.01. The van der Waals surface area contributed by atoms with Crippen LogP contribution < -0.4 is 32.4 Å². The number of fused-ring (bicyclic) bond motifs is 1. The number of carboxylic acids is 2. The number of thiazole rings is 1. The van der Waals surface area contributed by atoms with Crippen molar-refractivity contribution >= 4 is 75.3 Å². The van der Waals surface area contributed by atoms with Crippen LogP contribution in [-0.2, 0) is 24.0 Å². The van der Waals surface area contributed by atoms with Crippen molar-refractivity contribution < 1.29 is 38.9 Å². The summed E-state index contributed by atoms with van der Waals surface area (Å²) >= 11 is 3.27. The molecule has 2 aromatic heterocycles. The lowest BCUT2D eigenvalue weighted by molar-refractivity contribution is -0.682. The lowest BCUT2D eigenvalue weighted by atomic mass is 10.0. The molecular formula is C21H23N9O7S3. The van der Waals surface area contributed by atoms with Gasteiger partial charge in [-0.25, -0.2) is 9.78 Å². The van der Waals surface area contributed by atoms with Crippen LogP contribution in [0.3, 0.4) is 0 Å². The van der Waals surface area contributed by atoms with E-state index in [2.05, 4.69) is 20.4 Å². The van der Waals surface area contributed by atoms with E-state index in [9.17, 15) is 29.4 Å². The normalized spacial score (nSPS) is 19.1.